The average Bonchev–Trinajstić information content (AvgIpc) is 2.60. The third-order valence-electron chi connectivity index (χ3n) is 5.10. The van der Waals surface area contributed by atoms with Gasteiger partial charge in [0, 0.05) is 38.3 Å². The fraction of sp³-hybridized carbons (Fsp3) is 0.409. The minimum Gasteiger partial charge on any atom is -0.310 e. The van der Waals surface area contributed by atoms with Gasteiger partial charge in [-0.3, -0.25) is 9.69 Å². The van der Waals surface area contributed by atoms with E-state index in [0.717, 1.165) is 38.2 Å². The van der Waals surface area contributed by atoms with Gasteiger partial charge in [-0.05, 0) is 44.4 Å². The molecule has 0 atom stereocenters. The zero-order valence-corrected chi connectivity index (χ0v) is 15.5. The Bertz CT molecular complexity index is 698. The summed E-state index contributed by atoms with van der Waals surface area (Å²) in [5.41, 5.74) is 4.92. The average molecular weight is 336 g/mol. The number of carbonyl (C=O) groups is 1. The lowest BCUT2D eigenvalue weighted by atomic mass is 10.0. The normalized spacial score (nSPS) is 16.0. The molecule has 3 nitrogen and oxygen atoms in total. The van der Waals surface area contributed by atoms with Gasteiger partial charge in [-0.15, -0.1) is 0 Å². The van der Waals surface area contributed by atoms with Crippen LogP contribution in [-0.2, 0) is 11.3 Å². The number of piperidine rings is 1. The summed E-state index contributed by atoms with van der Waals surface area (Å²) in [6, 6.07) is 17.4. The van der Waals surface area contributed by atoms with E-state index in [1.165, 1.54) is 16.7 Å². The van der Waals surface area contributed by atoms with Crippen LogP contribution in [0, 0.1) is 13.8 Å². The molecule has 3 heteroatoms. The smallest absolute Gasteiger partial charge is 0.224 e. The van der Waals surface area contributed by atoms with Gasteiger partial charge in [-0.25, -0.2) is 0 Å². The fourth-order valence-corrected chi connectivity index (χ4v) is 3.64. The van der Waals surface area contributed by atoms with Crippen LogP contribution in [0.1, 0.15) is 36.5 Å². The predicted molar refractivity (Wildman–Crippen MR) is 104 cm³/mol. The molecular formula is C22H28N2O. The minimum atomic E-state index is 0.140. The van der Waals surface area contributed by atoms with E-state index in [9.17, 15) is 4.79 Å². The molecule has 0 saturated carbocycles. The van der Waals surface area contributed by atoms with Crippen LogP contribution in [0.3, 0.4) is 0 Å². The molecule has 0 unspecified atom stereocenters. The first-order chi connectivity index (χ1) is 12.0. The maximum atomic E-state index is 12.2. The molecule has 1 aliphatic heterocycles. The number of nitrogens with zero attached hydrogens (tertiary/aromatic N) is 2. The molecule has 0 radical (unpaired) electrons. The van der Waals surface area contributed by atoms with Crippen LogP contribution in [0.15, 0.2) is 48.5 Å². The standard InChI is InChI=1S/C22H28N2O/c1-17-4-8-20(9-5-17)16-23-14-12-22(13-15-23)24(19(3)25)21-10-6-18(2)7-11-21/h4-11,22H,12-16H2,1-3H3. The van der Waals surface area contributed by atoms with Gasteiger partial charge in [0.25, 0.3) is 0 Å². The maximum Gasteiger partial charge on any atom is 0.224 e. The Hall–Kier alpha value is -2.13. The van der Waals surface area contributed by atoms with E-state index < -0.39 is 0 Å². The molecule has 1 saturated heterocycles. The van der Waals surface area contributed by atoms with Gasteiger partial charge in [0.2, 0.25) is 5.91 Å². The Morgan fingerprint density at radius 3 is 2.00 bits per heavy atom. The Labute approximate surface area is 151 Å². The van der Waals surface area contributed by atoms with Crippen molar-refractivity contribution in [2.75, 3.05) is 18.0 Å². The zero-order chi connectivity index (χ0) is 17.8. The van der Waals surface area contributed by atoms with Crippen LogP contribution >= 0.6 is 0 Å². The highest BCUT2D eigenvalue weighted by Gasteiger charge is 2.27. The second-order valence-electron chi connectivity index (χ2n) is 7.22. The quantitative estimate of drug-likeness (QED) is 0.830. The summed E-state index contributed by atoms with van der Waals surface area (Å²) < 4.78 is 0. The molecule has 2 aromatic carbocycles. The molecule has 25 heavy (non-hydrogen) atoms. The van der Waals surface area contributed by atoms with Gasteiger partial charge in [-0.1, -0.05) is 47.5 Å². The number of carbonyl (C=O) groups excluding carboxylic acids is 1. The summed E-state index contributed by atoms with van der Waals surface area (Å²) in [4.78, 5) is 16.7. The SMILES string of the molecule is CC(=O)N(c1ccc(C)cc1)C1CCN(Cc2ccc(C)cc2)CC1. The summed E-state index contributed by atoms with van der Waals surface area (Å²) in [5.74, 6) is 0.140. The molecule has 132 valence electrons. The molecular weight excluding hydrogens is 308 g/mol. The topological polar surface area (TPSA) is 23.6 Å². The molecule has 1 heterocycles. The van der Waals surface area contributed by atoms with Crippen molar-refractivity contribution in [2.24, 2.45) is 0 Å². The van der Waals surface area contributed by atoms with E-state index in [1.807, 2.05) is 4.90 Å². The predicted octanol–water partition coefficient (Wildman–Crippen LogP) is 4.32. The van der Waals surface area contributed by atoms with Crippen LogP contribution in [0.4, 0.5) is 5.69 Å². The van der Waals surface area contributed by atoms with Crippen LogP contribution in [-0.4, -0.2) is 29.9 Å². The summed E-state index contributed by atoms with van der Waals surface area (Å²) in [7, 11) is 0. The maximum absolute atomic E-state index is 12.2. The first kappa shape index (κ1) is 17.7. The number of amides is 1. The van der Waals surface area contributed by atoms with Gasteiger partial charge in [0.1, 0.15) is 0 Å². The Kier molecular flexibility index (Phi) is 5.54. The van der Waals surface area contributed by atoms with E-state index in [-0.39, 0.29) is 5.91 Å². The summed E-state index contributed by atoms with van der Waals surface area (Å²) in [5, 5.41) is 0. The van der Waals surface area contributed by atoms with E-state index in [2.05, 4.69) is 67.3 Å². The highest BCUT2D eigenvalue weighted by atomic mass is 16.2. The first-order valence-electron chi connectivity index (χ1n) is 9.17. The van der Waals surface area contributed by atoms with Gasteiger partial charge in [0.15, 0.2) is 0 Å². The number of anilines is 1. The zero-order valence-electron chi connectivity index (χ0n) is 15.5. The number of likely N-dealkylation sites (tertiary alicyclic amines) is 1. The molecule has 1 aliphatic rings. The number of hydrogen-bond acceptors (Lipinski definition) is 2. The Morgan fingerprint density at radius 1 is 0.960 bits per heavy atom. The molecule has 0 aromatic heterocycles. The fourth-order valence-electron chi connectivity index (χ4n) is 3.64. The van der Waals surface area contributed by atoms with E-state index >= 15 is 0 Å². The van der Waals surface area contributed by atoms with Crippen molar-refractivity contribution in [2.45, 2.75) is 46.2 Å². The third-order valence-corrected chi connectivity index (χ3v) is 5.10. The Morgan fingerprint density at radius 2 is 1.48 bits per heavy atom. The highest BCUT2D eigenvalue weighted by Crippen LogP contribution is 2.25. The van der Waals surface area contributed by atoms with Crippen molar-refractivity contribution in [1.82, 2.24) is 4.90 Å². The molecule has 1 fully saturated rings. The summed E-state index contributed by atoms with van der Waals surface area (Å²) in [6.07, 6.45) is 2.05. The van der Waals surface area contributed by atoms with E-state index in [4.69, 9.17) is 0 Å². The first-order valence-corrected chi connectivity index (χ1v) is 9.17. The molecule has 3 rings (SSSR count). The number of aryl methyl sites for hydroxylation is 2. The molecule has 0 aliphatic carbocycles. The lowest BCUT2D eigenvalue weighted by Gasteiger charge is -2.38. The molecule has 0 bridgehead atoms. The summed E-state index contributed by atoms with van der Waals surface area (Å²) in [6.45, 7) is 8.95. The third kappa shape index (κ3) is 4.49. The van der Waals surface area contributed by atoms with Crippen molar-refractivity contribution in [3.8, 4) is 0 Å². The minimum absolute atomic E-state index is 0.140. The largest absolute Gasteiger partial charge is 0.310 e. The molecule has 0 N–H and O–H groups in total. The van der Waals surface area contributed by atoms with E-state index in [1.54, 1.807) is 6.92 Å². The van der Waals surface area contributed by atoms with Crippen LogP contribution in [0.5, 0.6) is 0 Å². The monoisotopic (exact) mass is 336 g/mol. The van der Waals surface area contributed by atoms with Crippen LogP contribution in [0.2, 0.25) is 0 Å². The molecule has 1 amide bonds. The lowest BCUT2D eigenvalue weighted by molar-refractivity contribution is -0.117. The van der Waals surface area contributed by atoms with Gasteiger partial charge < -0.3 is 4.90 Å². The van der Waals surface area contributed by atoms with Crippen molar-refractivity contribution in [3.63, 3.8) is 0 Å². The second kappa shape index (κ2) is 7.83. The van der Waals surface area contributed by atoms with Gasteiger partial charge >= 0.3 is 0 Å². The molecule has 2 aromatic rings. The number of hydrogen-bond donors (Lipinski definition) is 0. The van der Waals surface area contributed by atoms with Crippen molar-refractivity contribution < 1.29 is 4.79 Å². The number of rotatable bonds is 4. The second-order valence-corrected chi connectivity index (χ2v) is 7.22. The van der Waals surface area contributed by atoms with Gasteiger partial charge in [-0.2, -0.15) is 0 Å². The molecule has 0 spiro atoms. The van der Waals surface area contributed by atoms with Crippen molar-refractivity contribution >= 4 is 11.6 Å². The van der Waals surface area contributed by atoms with Crippen LogP contribution in [0.25, 0.3) is 0 Å². The van der Waals surface area contributed by atoms with Crippen molar-refractivity contribution in [3.05, 3.63) is 65.2 Å². The summed E-state index contributed by atoms with van der Waals surface area (Å²) >= 11 is 0. The Balaban J connectivity index is 1.62. The van der Waals surface area contributed by atoms with Crippen LogP contribution < -0.4 is 4.90 Å². The highest BCUT2D eigenvalue weighted by molar-refractivity contribution is 5.92. The van der Waals surface area contributed by atoms with Gasteiger partial charge in [0.05, 0.1) is 0 Å². The lowest BCUT2D eigenvalue weighted by Crippen LogP contribution is -2.46. The number of benzene rings is 2. The van der Waals surface area contributed by atoms with Crippen molar-refractivity contribution in [1.29, 1.82) is 0 Å². The van der Waals surface area contributed by atoms with E-state index in [0.29, 0.717) is 6.04 Å².